The van der Waals surface area contributed by atoms with Gasteiger partial charge in [0.15, 0.2) is 0 Å². The van der Waals surface area contributed by atoms with Gasteiger partial charge in [0.1, 0.15) is 0 Å². The molecule has 4 aliphatic heterocycles. The molecule has 23 heavy (non-hydrogen) atoms. The second-order valence-corrected chi connectivity index (χ2v) is 3.67. The molecule has 0 atom stereocenters. The molecule has 0 N–H and O–H groups in total. The van der Waals surface area contributed by atoms with Crippen LogP contribution in [0.4, 0.5) is 0 Å². The maximum atomic E-state index is 10.5. The Kier molecular flexibility index (Phi) is 7.85. The van der Waals surface area contributed by atoms with Crippen molar-refractivity contribution in [3.63, 3.8) is 0 Å². The number of fused-ring (bicyclic) bond motifs is 4. The van der Waals surface area contributed by atoms with E-state index in [1.807, 2.05) is 0 Å². The van der Waals surface area contributed by atoms with Gasteiger partial charge in [-0.05, 0) is 0 Å². The second kappa shape index (κ2) is 8.97. The van der Waals surface area contributed by atoms with Crippen molar-refractivity contribution in [1.82, 2.24) is 0 Å². The van der Waals surface area contributed by atoms with E-state index >= 15 is 0 Å². The van der Waals surface area contributed by atoms with Crippen molar-refractivity contribution in [2.24, 2.45) is 0 Å². The van der Waals surface area contributed by atoms with E-state index in [1.165, 1.54) is 0 Å². The molecule has 4 aliphatic rings. The van der Waals surface area contributed by atoms with Gasteiger partial charge < -0.3 is 65.8 Å². The van der Waals surface area contributed by atoms with Gasteiger partial charge in [-0.2, -0.15) is 0 Å². The summed E-state index contributed by atoms with van der Waals surface area (Å²) in [5.41, 5.74) is 0. The van der Waals surface area contributed by atoms with Gasteiger partial charge >= 0.3 is 84.4 Å². The van der Waals surface area contributed by atoms with Crippen LogP contribution in [-0.2, 0) is 71.6 Å². The quantitative estimate of drug-likeness (QED) is 0.292. The monoisotopic (exact) mass is 492 g/mol. The molecular weight excluding hydrogens is 489 g/mol. The zero-order chi connectivity index (χ0) is 15.7. The summed E-state index contributed by atoms with van der Waals surface area (Å²) in [7, 11) is -12.0. The molecule has 4 fully saturated rings. The average Bonchev–Trinajstić information content (AvgIpc) is 2.35. The molecule has 14 nitrogen and oxygen atoms in total. The molecule has 0 amide bonds. The van der Waals surface area contributed by atoms with Crippen molar-refractivity contribution in [3.05, 3.63) is 0 Å². The minimum absolute atomic E-state index is 0. The van der Waals surface area contributed by atoms with Crippen LogP contribution in [0.3, 0.4) is 0 Å². The van der Waals surface area contributed by atoms with Crippen LogP contribution in [0.15, 0.2) is 0 Å². The molecule has 0 saturated carbocycles. The van der Waals surface area contributed by atoms with Gasteiger partial charge in [0.2, 0.25) is 0 Å². The molecule has 0 aromatic rings. The number of hydrogen-bond donors (Lipinski definition) is 0. The third-order valence-electron chi connectivity index (χ3n) is 2.22. The normalized spacial score (nSPS) is 23.5. The van der Waals surface area contributed by atoms with Crippen molar-refractivity contribution >= 4 is 58.6 Å². The predicted molar refractivity (Wildman–Crippen MR) is 56.9 cm³/mol. The van der Waals surface area contributed by atoms with Gasteiger partial charge in [0.05, 0.1) is 0 Å². The zero-order valence-electron chi connectivity index (χ0n) is 10.8. The summed E-state index contributed by atoms with van der Waals surface area (Å²) in [5, 5.41) is 41.9. The topological polar surface area (TPSA) is 185 Å². The Morgan fingerprint density at radius 1 is 0.348 bits per heavy atom. The Morgan fingerprint density at radius 3 is 0.696 bits per heavy atom. The molecular formula is B8HfO14. The molecule has 23 heteroatoms. The minimum atomic E-state index is -1.73. The molecule has 0 aliphatic carbocycles. The van der Waals surface area contributed by atoms with E-state index in [0.29, 0.717) is 0 Å². The number of hydrogen-bond acceptors (Lipinski definition) is 14. The first-order chi connectivity index (χ1) is 10.5. The summed E-state index contributed by atoms with van der Waals surface area (Å²) in [5.74, 6) is 0. The minimum Gasteiger partial charge on any atom is -0.833 e. The first-order valence-electron chi connectivity index (χ1n) is 5.66. The van der Waals surface area contributed by atoms with E-state index in [1.54, 1.807) is 0 Å². The Balaban J connectivity index is 0.000000160. The molecule has 4 bridgehead atoms. The summed E-state index contributed by atoms with van der Waals surface area (Å²) in [6.07, 6.45) is 0. The van der Waals surface area contributed by atoms with Crippen LogP contribution in [-0.4, -0.2) is 58.6 Å². The molecule has 4 saturated heterocycles. The molecule has 0 radical (unpaired) electrons. The van der Waals surface area contributed by atoms with Crippen molar-refractivity contribution < 1.29 is 91.7 Å². The Labute approximate surface area is 150 Å². The third kappa shape index (κ3) is 5.94. The van der Waals surface area contributed by atoms with Crippen LogP contribution >= 0.6 is 0 Å². The standard InChI is InChI=1S/2B4O7.Hf/c2*5-1-7-3-9-2(6)10-4(8-1)11-3;/q2*-2;+4. The van der Waals surface area contributed by atoms with Crippen LogP contribution in [0.2, 0.25) is 0 Å². The van der Waals surface area contributed by atoms with E-state index in [2.05, 4.69) is 45.7 Å². The van der Waals surface area contributed by atoms with Gasteiger partial charge in [-0.25, -0.2) is 0 Å². The smallest absolute Gasteiger partial charge is 0.833 e. The average molecular weight is 489 g/mol. The molecule has 4 rings (SSSR count). The van der Waals surface area contributed by atoms with Crippen LogP contribution in [0.5, 0.6) is 0 Å². The van der Waals surface area contributed by atoms with E-state index in [4.69, 9.17) is 0 Å². The molecule has 0 spiro atoms. The van der Waals surface area contributed by atoms with Crippen molar-refractivity contribution in [2.75, 3.05) is 0 Å². The molecule has 0 unspecified atom stereocenters. The third-order valence-corrected chi connectivity index (χ3v) is 2.22. The van der Waals surface area contributed by atoms with Gasteiger partial charge in [0, 0.05) is 0 Å². The first kappa shape index (κ1) is 20.1. The molecule has 0 aromatic heterocycles. The second-order valence-electron chi connectivity index (χ2n) is 3.67. The Hall–Kier alpha value is 0.830. The summed E-state index contributed by atoms with van der Waals surface area (Å²) in [6.45, 7) is 0. The van der Waals surface area contributed by atoms with Crippen molar-refractivity contribution in [2.45, 2.75) is 0 Å². The van der Waals surface area contributed by atoms with Gasteiger partial charge in [-0.1, -0.05) is 0 Å². The maximum absolute atomic E-state index is 10.5. The van der Waals surface area contributed by atoms with E-state index in [9.17, 15) is 20.1 Å². The molecule has 112 valence electrons. The van der Waals surface area contributed by atoms with Crippen LogP contribution in [0.1, 0.15) is 0 Å². The Morgan fingerprint density at radius 2 is 0.522 bits per heavy atom. The fourth-order valence-electron chi connectivity index (χ4n) is 1.42. The summed E-state index contributed by atoms with van der Waals surface area (Å²) in [4.78, 5) is 0. The molecule has 0 aromatic carbocycles. The Bertz CT molecular complexity index is 272. The fourth-order valence-corrected chi connectivity index (χ4v) is 1.42. The van der Waals surface area contributed by atoms with Crippen molar-refractivity contribution in [1.29, 1.82) is 0 Å². The van der Waals surface area contributed by atoms with Gasteiger partial charge in [-0.15, -0.1) is 0 Å². The largest absolute Gasteiger partial charge is 4.00 e. The van der Waals surface area contributed by atoms with Gasteiger partial charge in [0.25, 0.3) is 0 Å². The summed E-state index contributed by atoms with van der Waals surface area (Å²) in [6, 6.07) is 0. The van der Waals surface area contributed by atoms with E-state index in [-0.39, 0.29) is 25.8 Å². The molecule has 4 heterocycles. The van der Waals surface area contributed by atoms with Crippen LogP contribution in [0.25, 0.3) is 0 Å². The summed E-state index contributed by atoms with van der Waals surface area (Å²) >= 11 is 0. The fraction of sp³-hybridized carbons (Fsp3) is 0. The predicted octanol–water partition coefficient (Wildman–Crippen LogP) is -8.49. The van der Waals surface area contributed by atoms with E-state index in [0.717, 1.165) is 0 Å². The summed E-state index contributed by atoms with van der Waals surface area (Å²) < 4.78 is 43.8. The SMILES string of the molecule is [Hf+4].[O-]B1OB2OB([O-])OB(O1)O2.[O-]B1OB2OB([O-])OB(O1)O2. The van der Waals surface area contributed by atoms with Crippen molar-refractivity contribution in [3.8, 4) is 0 Å². The van der Waals surface area contributed by atoms with E-state index < -0.39 is 58.6 Å². The maximum Gasteiger partial charge on any atom is 4.00 e. The van der Waals surface area contributed by atoms with Gasteiger partial charge in [-0.3, -0.25) is 0 Å². The van der Waals surface area contributed by atoms with Crippen LogP contribution < -0.4 is 20.1 Å². The number of rotatable bonds is 0. The first-order valence-corrected chi connectivity index (χ1v) is 5.66. The zero-order valence-corrected chi connectivity index (χ0v) is 14.4. The van der Waals surface area contributed by atoms with Crippen LogP contribution in [0, 0.1) is 0 Å².